The van der Waals surface area contributed by atoms with E-state index in [-0.39, 0.29) is 18.6 Å². The Morgan fingerprint density at radius 2 is 1.86 bits per heavy atom. The summed E-state index contributed by atoms with van der Waals surface area (Å²) >= 11 is 1.47. The van der Waals surface area contributed by atoms with Crippen LogP contribution in [-0.2, 0) is 24.3 Å². The number of H-pyrrole nitrogens is 1. The molecule has 43 heavy (non-hydrogen) atoms. The molecule has 0 bridgehead atoms. The average molecular weight is 596 g/mol. The van der Waals surface area contributed by atoms with Gasteiger partial charge in [0.2, 0.25) is 0 Å². The number of fused-ring (bicyclic) bond motifs is 1. The number of allylic oxidation sites excluding steroid dienone is 4. The van der Waals surface area contributed by atoms with E-state index >= 15 is 0 Å². The van der Waals surface area contributed by atoms with Crippen molar-refractivity contribution in [2.24, 2.45) is 5.16 Å². The normalized spacial score (nSPS) is 13.4. The van der Waals surface area contributed by atoms with Gasteiger partial charge < -0.3 is 4.84 Å². The van der Waals surface area contributed by atoms with Crippen molar-refractivity contribution in [1.82, 2.24) is 19.3 Å². The van der Waals surface area contributed by atoms with Crippen LogP contribution in [0.5, 0.6) is 0 Å². The number of hydrogen-bond donors (Lipinski definition) is 1. The minimum Gasteiger partial charge on any atom is -0.399 e. The molecular weight excluding hydrogens is 566 g/mol. The molecule has 0 spiro atoms. The molecular formula is C32H29N5O5S. The number of oxime groups is 1. The lowest BCUT2D eigenvalue weighted by Crippen LogP contribution is -2.41. The Kier molecular flexibility index (Phi) is 7.89. The Morgan fingerprint density at radius 3 is 2.53 bits per heavy atom. The van der Waals surface area contributed by atoms with Gasteiger partial charge in [-0.25, -0.2) is 9.59 Å². The maximum Gasteiger partial charge on any atom is 0.439 e. The molecule has 0 unspecified atom stereocenters. The quantitative estimate of drug-likeness (QED) is 0.186. The van der Waals surface area contributed by atoms with Crippen LogP contribution in [0.15, 0.2) is 102 Å². The summed E-state index contributed by atoms with van der Waals surface area (Å²) < 4.78 is 7.62. The van der Waals surface area contributed by atoms with Gasteiger partial charge in [0.1, 0.15) is 17.7 Å². The highest BCUT2D eigenvalue weighted by atomic mass is 32.1. The fraction of sp³-hybridized carbons (Fsp3) is 0.219. The van der Waals surface area contributed by atoms with Gasteiger partial charge in [0.15, 0.2) is 5.82 Å². The van der Waals surface area contributed by atoms with E-state index in [4.69, 9.17) is 9.36 Å². The molecule has 0 saturated carbocycles. The number of nitrogens with one attached hydrogen (secondary N) is 1. The Bertz CT molecular complexity index is 2070. The standard InChI is InChI=1S/C32H29N5O5S/c1-3-23-17-26-29(38)36(19-27(34-41-2)22-9-5-4-6-10-22)32(40)37(30(26)43-23)18-20-13-15-21(16-14-20)24-11-7-8-12-25(24)28-33-31(39)42-35-28/h5,7-17H,3-4,6,18-19H2,1-2H3,(H,33,35,39). The summed E-state index contributed by atoms with van der Waals surface area (Å²) in [6.45, 7) is 2.30. The SMILES string of the molecule is CCc1cc2c(=O)n(CC(=NOC)C3=CCCC=C3)c(=O)n(Cc3ccc(-c4ccccc4-c4noc(=O)[nH]4)cc3)c2s1. The van der Waals surface area contributed by atoms with Crippen LogP contribution in [0.4, 0.5) is 0 Å². The van der Waals surface area contributed by atoms with Crippen LogP contribution in [0.3, 0.4) is 0 Å². The first kappa shape index (κ1) is 28.1. The summed E-state index contributed by atoms with van der Waals surface area (Å²) in [4.78, 5) is 48.5. The molecule has 6 rings (SSSR count). The molecule has 0 saturated heterocycles. The Balaban J connectivity index is 1.39. The third kappa shape index (κ3) is 5.59. The molecule has 3 heterocycles. The molecule has 10 nitrogen and oxygen atoms in total. The molecule has 1 aliphatic carbocycles. The topological polar surface area (TPSA) is 124 Å². The summed E-state index contributed by atoms with van der Waals surface area (Å²) in [5, 5.41) is 8.52. The minimum atomic E-state index is -0.620. The lowest BCUT2D eigenvalue weighted by atomic mass is 9.98. The van der Waals surface area contributed by atoms with Crippen LogP contribution in [0.2, 0.25) is 0 Å². The minimum absolute atomic E-state index is 0.00517. The van der Waals surface area contributed by atoms with Crippen molar-refractivity contribution >= 4 is 27.3 Å². The monoisotopic (exact) mass is 595 g/mol. The van der Waals surface area contributed by atoms with Crippen molar-refractivity contribution in [2.75, 3.05) is 7.11 Å². The Morgan fingerprint density at radius 1 is 1.07 bits per heavy atom. The third-order valence-corrected chi connectivity index (χ3v) is 8.66. The molecule has 5 aromatic rings. The molecule has 0 amide bonds. The zero-order chi connectivity index (χ0) is 29.9. The van der Waals surface area contributed by atoms with Crippen molar-refractivity contribution < 1.29 is 9.36 Å². The maximum absolute atomic E-state index is 14.0. The van der Waals surface area contributed by atoms with Crippen LogP contribution in [0, 0.1) is 0 Å². The predicted octanol–water partition coefficient (Wildman–Crippen LogP) is 5.12. The van der Waals surface area contributed by atoms with Gasteiger partial charge in [-0.2, -0.15) is 0 Å². The van der Waals surface area contributed by atoms with Crippen molar-refractivity contribution in [3.8, 4) is 22.5 Å². The number of benzene rings is 2. The second-order valence-corrected chi connectivity index (χ2v) is 11.2. The van der Waals surface area contributed by atoms with E-state index in [0.717, 1.165) is 52.0 Å². The summed E-state index contributed by atoms with van der Waals surface area (Å²) in [5.41, 5.74) is 4.01. The summed E-state index contributed by atoms with van der Waals surface area (Å²) in [6.07, 6.45) is 8.58. The van der Waals surface area contributed by atoms with Gasteiger partial charge in [0.05, 0.1) is 18.5 Å². The number of aromatic amines is 1. The molecule has 3 aromatic heterocycles. The Labute approximate surface area is 249 Å². The van der Waals surface area contributed by atoms with E-state index < -0.39 is 11.4 Å². The molecule has 0 aliphatic heterocycles. The number of hydrogen-bond acceptors (Lipinski definition) is 8. The number of nitrogens with zero attached hydrogens (tertiary/aromatic N) is 4. The molecule has 2 aromatic carbocycles. The Hall–Kier alpha value is -5.03. The summed E-state index contributed by atoms with van der Waals surface area (Å²) in [6, 6.07) is 17.3. The largest absolute Gasteiger partial charge is 0.439 e. The summed E-state index contributed by atoms with van der Waals surface area (Å²) in [7, 11) is 1.46. The average Bonchev–Trinajstić information content (AvgIpc) is 3.68. The van der Waals surface area contributed by atoms with Crippen molar-refractivity contribution in [1.29, 1.82) is 0 Å². The van der Waals surface area contributed by atoms with E-state index in [1.54, 1.807) is 4.57 Å². The van der Waals surface area contributed by atoms with Gasteiger partial charge in [-0.3, -0.25) is 23.4 Å². The van der Waals surface area contributed by atoms with Crippen LogP contribution in [0.1, 0.15) is 30.2 Å². The lowest BCUT2D eigenvalue weighted by molar-refractivity contribution is 0.212. The van der Waals surface area contributed by atoms with E-state index in [9.17, 15) is 14.4 Å². The molecule has 218 valence electrons. The first-order chi connectivity index (χ1) is 21.0. The zero-order valence-corrected chi connectivity index (χ0v) is 24.5. The second-order valence-electron chi connectivity index (χ2n) is 10.1. The summed E-state index contributed by atoms with van der Waals surface area (Å²) in [5.74, 6) is -0.272. The van der Waals surface area contributed by atoms with E-state index in [2.05, 4.69) is 15.3 Å². The number of thiophene rings is 1. The van der Waals surface area contributed by atoms with Gasteiger partial charge in [-0.15, -0.1) is 11.3 Å². The van der Waals surface area contributed by atoms with Crippen LogP contribution < -0.4 is 17.0 Å². The van der Waals surface area contributed by atoms with Crippen molar-refractivity contribution in [2.45, 2.75) is 39.3 Å². The van der Waals surface area contributed by atoms with Crippen LogP contribution >= 0.6 is 11.3 Å². The molecule has 0 atom stereocenters. The first-order valence-corrected chi connectivity index (χ1v) is 14.8. The van der Waals surface area contributed by atoms with Gasteiger partial charge in [-0.1, -0.05) is 84.0 Å². The van der Waals surface area contributed by atoms with Crippen molar-refractivity contribution in [3.63, 3.8) is 0 Å². The third-order valence-electron chi connectivity index (χ3n) is 7.36. The molecule has 11 heteroatoms. The molecule has 1 aliphatic rings. The fourth-order valence-corrected chi connectivity index (χ4v) is 6.30. The zero-order valence-electron chi connectivity index (χ0n) is 23.7. The van der Waals surface area contributed by atoms with Gasteiger partial charge in [0.25, 0.3) is 5.56 Å². The molecule has 0 radical (unpaired) electrons. The second kappa shape index (κ2) is 12.1. The fourth-order valence-electron chi connectivity index (χ4n) is 5.22. The molecule has 1 N–H and O–H groups in total. The lowest BCUT2D eigenvalue weighted by Gasteiger charge is -2.15. The van der Waals surface area contributed by atoms with Crippen molar-refractivity contribution in [3.05, 3.63) is 120 Å². The predicted molar refractivity (Wildman–Crippen MR) is 168 cm³/mol. The maximum atomic E-state index is 14.0. The molecule has 0 fully saturated rings. The van der Waals surface area contributed by atoms with Gasteiger partial charge in [0, 0.05) is 10.4 Å². The number of rotatable bonds is 9. The van der Waals surface area contributed by atoms with E-state index in [1.807, 2.05) is 79.7 Å². The number of aromatic nitrogens is 4. The highest BCUT2D eigenvalue weighted by molar-refractivity contribution is 7.18. The highest BCUT2D eigenvalue weighted by Gasteiger charge is 2.20. The van der Waals surface area contributed by atoms with E-state index in [1.165, 1.54) is 23.0 Å². The van der Waals surface area contributed by atoms with Crippen LogP contribution in [-0.4, -0.2) is 32.1 Å². The first-order valence-electron chi connectivity index (χ1n) is 13.9. The van der Waals surface area contributed by atoms with Gasteiger partial charge >= 0.3 is 11.4 Å². The highest BCUT2D eigenvalue weighted by Crippen LogP contribution is 2.30. The number of aryl methyl sites for hydroxylation is 1. The van der Waals surface area contributed by atoms with E-state index in [0.29, 0.717) is 21.8 Å². The smallest absolute Gasteiger partial charge is 0.399 e. The van der Waals surface area contributed by atoms with Crippen LogP contribution in [0.25, 0.3) is 32.7 Å². The van der Waals surface area contributed by atoms with Gasteiger partial charge in [-0.05, 0) is 47.6 Å².